The maximum atomic E-state index is 13.0. The molecule has 0 heterocycles. The van der Waals surface area contributed by atoms with E-state index in [-0.39, 0.29) is 31.3 Å². The van der Waals surface area contributed by atoms with Gasteiger partial charge in [-0.15, -0.1) is 0 Å². The van der Waals surface area contributed by atoms with Gasteiger partial charge >= 0.3 is 12.0 Å². The van der Waals surface area contributed by atoms with Gasteiger partial charge in [-0.1, -0.05) is 6.92 Å². The van der Waals surface area contributed by atoms with Crippen LogP contribution in [0.3, 0.4) is 0 Å². The predicted molar refractivity (Wildman–Crippen MR) is 69.7 cm³/mol. The van der Waals surface area contributed by atoms with Crippen LogP contribution in [-0.4, -0.2) is 48.1 Å². The maximum Gasteiger partial charge on any atom is 0.317 e. The van der Waals surface area contributed by atoms with Crippen LogP contribution < -0.4 is 5.32 Å². The number of carboxylic acids is 1. The van der Waals surface area contributed by atoms with Gasteiger partial charge in [0.15, 0.2) is 0 Å². The smallest absolute Gasteiger partial charge is 0.317 e. The molecule has 1 unspecified atom stereocenters. The third-order valence-electron chi connectivity index (χ3n) is 3.69. The lowest BCUT2D eigenvalue weighted by Gasteiger charge is -2.29. The average Bonchev–Trinajstić information content (AvgIpc) is 2.36. The first kappa shape index (κ1) is 16.7. The Bertz CT molecular complexity index is 354. The molecule has 0 aromatic heterocycles. The quantitative estimate of drug-likeness (QED) is 0.816. The molecule has 0 aliphatic heterocycles. The highest BCUT2D eigenvalue weighted by Crippen LogP contribution is 2.35. The predicted octanol–water partition coefficient (Wildman–Crippen LogP) is 2.17. The zero-order valence-electron chi connectivity index (χ0n) is 11.9. The number of carboxylic acid groups (broad SMARTS) is 1. The summed E-state index contributed by atoms with van der Waals surface area (Å²) in [4.78, 5) is 23.7. The standard InChI is InChI=1S/C13H22F2N2O3/c1-9(11(18)19)8-17(2)12(20)16-7-10-3-5-13(14,15)6-4-10/h9-10H,3-8H2,1-2H3,(H,16,20)(H,18,19). The summed E-state index contributed by atoms with van der Waals surface area (Å²) >= 11 is 0. The first-order valence-corrected chi connectivity index (χ1v) is 6.81. The van der Waals surface area contributed by atoms with Crippen molar-refractivity contribution in [1.82, 2.24) is 10.2 Å². The van der Waals surface area contributed by atoms with Gasteiger partial charge in [0.25, 0.3) is 0 Å². The van der Waals surface area contributed by atoms with Crippen LogP contribution in [0.1, 0.15) is 32.6 Å². The summed E-state index contributed by atoms with van der Waals surface area (Å²) < 4.78 is 25.9. The number of carbonyl (C=O) groups is 2. The molecule has 1 saturated carbocycles. The van der Waals surface area contributed by atoms with Gasteiger partial charge in [-0.2, -0.15) is 0 Å². The molecule has 1 aliphatic carbocycles. The molecule has 1 fully saturated rings. The van der Waals surface area contributed by atoms with Crippen molar-refractivity contribution < 1.29 is 23.5 Å². The highest BCUT2D eigenvalue weighted by atomic mass is 19.3. The molecule has 116 valence electrons. The molecule has 1 atom stereocenters. The molecule has 5 nitrogen and oxygen atoms in total. The monoisotopic (exact) mass is 292 g/mol. The minimum absolute atomic E-state index is 0.0730. The van der Waals surface area contributed by atoms with Crippen LogP contribution in [0.25, 0.3) is 0 Å². The van der Waals surface area contributed by atoms with Gasteiger partial charge in [-0.3, -0.25) is 4.79 Å². The molecule has 2 amide bonds. The Morgan fingerprint density at radius 1 is 1.40 bits per heavy atom. The van der Waals surface area contributed by atoms with Crippen LogP contribution in [0.15, 0.2) is 0 Å². The number of nitrogens with one attached hydrogen (secondary N) is 1. The van der Waals surface area contributed by atoms with Gasteiger partial charge < -0.3 is 15.3 Å². The average molecular weight is 292 g/mol. The SMILES string of the molecule is CC(CN(C)C(=O)NCC1CCC(F)(F)CC1)C(=O)O. The first-order chi connectivity index (χ1) is 9.21. The first-order valence-electron chi connectivity index (χ1n) is 6.81. The van der Waals surface area contributed by atoms with Crippen molar-refractivity contribution in [3.8, 4) is 0 Å². The Hall–Kier alpha value is -1.40. The molecule has 0 radical (unpaired) electrons. The summed E-state index contributed by atoms with van der Waals surface area (Å²) in [6.45, 7) is 2.00. The summed E-state index contributed by atoms with van der Waals surface area (Å²) in [6, 6.07) is -0.365. The molecule has 0 bridgehead atoms. The number of hydrogen-bond donors (Lipinski definition) is 2. The molecule has 0 spiro atoms. The van der Waals surface area contributed by atoms with Crippen molar-refractivity contribution in [3.63, 3.8) is 0 Å². The number of hydrogen-bond acceptors (Lipinski definition) is 2. The molecule has 7 heteroatoms. The number of rotatable bonds is 5. The van der Waals surface area contributed by atoms with Crippen molar-refractivity contribution in [1.29, 1.82) is 0 Å². The van der Waals surface area contributed by atoms with Crippen molar-refractivity contribution in [3.05, 3.63) is 0 Å². The number of nitrogens with zero attached hydrogens (tertiary/aromatic N) is 1. The molecular weight excluding hydrogens is 270 g/mol. The van der Waals surface area contributed by atoms with Gasteiger partial charge in [0.2, 0.25) is 5.92 Å². The van der Waals surface area contributed by atoms with E-state index in [1.54, 1.807) is 0 Å². The van der Waals surface area contributed by atoms with Crippen LogP contribution in [-0.2, 0) is 4.79 Å². The number of alkyl halides is 2. The Labute approximate surface area is 117 Å². The molecule has 0 aromatic carbocycles. The summed E-state index contributed by atoms with van der Waals surface area (Å²) in [6.07, 6.45) is 0.559. The highest BCUT2D eigenvalue weighted by Gasteiger charge is 2.34. The number of carbonyl (C=O) groups excluding carboxylic acids is 1. The van der Waals surface area contributed by atoms with E-state index in [2.05, 4.69) is 5.32 Å². The molecule has 0 saturated heterocycles. The van der Waals surface area contributed by atoms with E-state index < -0.39 is 17.8 Å². The van der Waals surface area contributed by atoms with E-state index in [1.165, 1.54) is 18.9 Å². The minimum atomic E-state index is -2.56. The lowest BCUT2D eigenvalue weighted by atomic mass is 9.87. The van der Waals surface area contributed by atoms with Crippen LogP contribution >= 0.6 is 0 Å². The van der Waals surface area contributed by atoms with E-state index >= 15 is 0 Å². The second kappa shape index (κ2) is 6.85. The van der Waals surface area contributed by atoms with Crippen LogP contribution in [0.5, 0.6) is 0 Å². The largest absolute Gasteiger partial charge is 0.481 e. The topological polar surface area (TPSA) is 69.6 Å². The second-order valence-electron chi connectivity index (χ2n) is 5.61. The fraction of sp³-hybridized carbons (Fsp3) is 0.846. The molecule has 2 N–H and O–H groups in total. The van der Waals surface area contributed by atoms with E-state index in [0.717, 1.165) is 0 Å². The summed E-state index contributed by atoms with van der Waals surface area (Å²) in [5, 5.41) is 11.4. The lowest BCUT2D eigenvalue weighted by Crippen LogP contribution is -2.43. The van der Waals surface area contributed by atoms with E-state index in [0.29, 0.717) is 19.4 Å². The third kappa shape index (κ3) is 5.30. The Morgan fingerprint density at radius 3 is 2.45 bits per heavy atom. The second-order valence-corrected chi connectivity index (χ2v) is 5.61. The molecular formula is C13H22F2N2O3. The third-order valence-corrected chi connectivity index (χ3v) is 3.69. The Kier molecular flexibility index (Phi) is 5.71. The van der Waals surface area contributed by atoms with Crippen LogP contribution in [0, 0.1) is 11.8 Å². The molecule has 20 heavy (non-hydrogen) atoms. The maximum absolute atomic E-state index is 13.0. The van der Waals surface area contributed by atoms with Crippen molar-refractivity contribution in [2.24, 2.45) is 11.8 Å². The Morgan fingerprint density at radius 2 is 1.95 bits per heavy atom. The normalized spacial score (nSPS) is 20.2. The van der Waals surface area contributed by atoms with Crippen molar-refractivity contribution in [2.45, 2.75) is 38.5 Å². The van der Waals surface area contributed by atoms with Crippen molar-refractivity contribution in [2.75, 3.05) is 20.1 Å². The van der Waals surface area contributed by atoms with Gasteiger partial charge in [0.05, 0.1) is 5.92 Å². The fourth-order valence-electron chi connectivity index (χ4n) is 2.24. The molecule has 0 aromatic rings. The zero-order valence-corrected chi connectivity index (χ0v) is 11.9. The number of amides is 2. The summed E-state index contributed by atoms with van der Waals surface area (Å²) in [5.41, 5.74) is 0. The Balaban J connectivity index is 2.28. The van der Waals surface area contributed by atoms with Crippen LogP contribution in [0.2, 0.25) is 0 Å². The van der Waals surface area contributed by atoms with Gasteiger partial charge in [-0.25, -0.2) is 13.6 Å². The number of urea groups is 1. The molecule has 1 rings (SSSR count). The lowest BCUT2D eigenvalue weighted by molar-refractivity contribution is -0.141. The van der Waals surface area contributed by atoms with Crippen molar-refractivity contribution >= 4 is 12.0 Å². The van der Waals surface area contributed by atoms with E-state index in [1.807, 2.05) is 0 Å². The van der Waals surface area contributed by atoms with Gasteiger partial charge in [0, 0.05) is 33.0 Å². The van der Waals surface area contributed by atoms with Crippen LogP contribution in [0.4, 0.5) is 13.6 Å². The van der Waals surface area contributed by atoms with E-state index in [9.17, 15) is 18.4 Å². The number of halogens is 2. The summed E-state index contributed by atoms with van der Waals surface area (Å²) in [5.74, 6) is -4.09. The minimum Gasteiger partial charge on any atom is -0.481 e. The van der Waals surface area contributed by atoms with E-state index in [4.69, 9.17) is 5.11 Å². The fourth-order valence-corrected chi connectivity index (χ4v) is 2.24. The van der Waals surface area contributed by atoms with Gasteiger partial charge in [-0.05, 0) is 18.8 Å². The number of aliphatic carboxylic acids is 1. The molecule has 1 aliphatic rings. The summed E-state index contributed by atoms with van der Waals surface area (Å²) in [7, 11) is 1.52. The highest BCUT2D eigenvalue weighted by molar-refractivity contribution is 5.75. The zero-order chi connectivity index (χ0) is 15.3. The van der Waals surface area contributed by atoms with Gasteiger partial charge in [0.1, 0.15) is 0 Å².